The lowest BCUT2D eigenvalue weighted by atomic mass is 10.1. The largest absolute Gasteiger partial charge is 0.363 e. The van der Waals surface area contributed by atoms with Gasteiger partial charge in [-0.3, -0.25) is 4.84 Å². The van der Waals surface area contributed by atoms with Crippen LogP contribution in [-0.4, -0.2) is 35.2 Å². The summed E-state index contributed by atoms with van der Waals surface area (Å²) in [6.45, 7) is 0. The highest BCUT2D eigenvalue weighted by molar-refractivity contribution is 8.04. The molecule has 0 radical (unpaired) electrons. The van der Waals surface area contributed by atoms with Crippen LogP contribution in [-0.2, 0) is 4.84 Å². The van der Waals surface area contributed by atoms with Crippen LogP contribution in [0, 0.1) is 0 Å². The van der Waals surface area contributed by atoms with Gasteiger partial charge in [-0.1, -0.05) is 24.4 Å². The zero-order valence-electron chi connectivity index (χ0n) is 10.6. The van der Waals surface area contributed by atoms with Gasteiger partial charge in [-0.05, 0) is 24.6 Å². The monoisotopic (exact) mass is 300 g/mol. The lowest BCUT2D eigenvalue weighted by molar-refractivity contribution is 0.209. The highest BCUT2D eigenvalue weighted by Crippen LogP contribution is 2.41. The first-order valence-electron chi connectivity index (χ1n) is 5.48. The van der Waals surface area contributed by atoms with Gasteiger partial charge in [-0.25, -0.2) is 5.06 Å². The molecule has 98 valence electrons. The van der Waals surface area contributed by atoms with Crippen LogP contribution in [0.25, 0.3) is 0 Å². The predicted octanol–water partition coefficient (Wildman–Crippen LogP) is 3.23. The molecule has 1 aliphatic rings. The molecule has 6 heteroatoms. The van der Waals surface area contributed by atoms with Crippen LogP contribution in [0.3, 0.4) is 0 Å². The Hall–Kier alpha value is -0.430. The molecular formula is C12H16N2OS3. The molecule has 2 rings (SSSR count). The first-order valence-corrected chi connectivity index (χ1v) is 8.51. The quantitative estimate of drug-likeness (QED) is 0.857. The normalized spacial score (nSPS) is 22.6. The van der Waals surface area contributed by atoms with Gasteiger partial charge < -0.3 is 5.32 Å². The van der Waals surface area contributed by atoms with E-state index in [2.05, 4.69) is 23.9 Å². The van der Waals surface area contributed by atoms with Gasteiger partial charge in [0.25, 0.3) is 0 Å². The van der Waals surface area contributed by atoms with E-state index in [1.54, 1.807) is 35.7 Å². The van der Waals surface area contributed by atoms with Crippen LogP contribution in [0.4, 0.5) is 11.4 Å². The van der Waals surface area contributed by atoms with E-state index < -0.39 is 0 Å². The lowest BCUT2D eigenvalue weighted by Gasteiger charge is -2.43. The number of para-hydroxylation sites is 2. The number of thioether (sulfide) groups is 2. The van der Waals surface area contributed by atoms with E-state index in [1.165, 1.54) is 0 Å². The van der Waals surface area contributed by atoms with E-state index in [0.29, 0.717) is 0 Å². The van der Waals surface area contributed by atoms with Gasteiger partial charge in [0.1, 0.15) is 9.86 Å². The number of benzene rings is 1. The first kappa shape index (κ1) is 14.0. The van der Waals surface area contributed by atoms with Gasteiger partial charge in [0.15, 0.2) is 0 Å². The van der Waals surface area contributed by atoms with Crippen LogP contribution < -0.4 is 10.4 Å². The Bertz CT molecular complexity index is 455. The van der Waals surface area contributed by atoms with E-state index in [4.69, 9.17) is 17.1 Å². The van der Waals surface area contributed by atoms with Crippen LogP contribution in [0.1, 0.15) is 0 Å². The minimum absolute atomic E-state index is 0.293. The van der Waals surface area contributed by atoms with Crippen molar-refractivity contribution in [3.05, 3.63) is 24.3 Å². The number of rotatable bonds is 4. The maximum absolute atomic E-state index is 5.60. The van der Waals surface area contributed by atoms with Crippen molar-refractivity contribution in [2.45, 2.75) is 4.87 Å². The van der Waals surface area contributed by atoms with Gasteiger partial charge in [-0.15, -0.1) is 11.8 Å². The molecule has 1 unspecified atom stereocenters. The fourth-order valence-corrected chi connectivity index (χ4v) is 4.53. The van der Waals surface area contributed by atoms with Gasteiger partial charge >= 0.3 is 0 Å². The molecule has 3 nitrogen and oxygen atoms in total. The van der Waals surface area contributed by atoms with E-state index in [-0.39, 0.29) is 4.87 Å². The average molecular weight is 300 g/mol. The maximum atomic E-state index is 5.60. The van der Waals surface area contributed by atoms with Crippen molar-refractivity contribution < 1.29 is 4.84 Å². The number of hydrogen-bond donors (Lipinski definition) is 1. The van der Waals surface area contributed by atoms with Crippen LogP contribution in [0.15, 0.2) is 24.3 Å². The fourth-order valence-electron chi connectivity index (χ4n) is 1.98. The van der Waals surface area contributed by atoms with E-state index in [0.717, 1.165) is 22.1 Å². The number of thiocarbonyl (C=S) groups is 1. The second-order valence-corrected chi connectivity index (χ2v) is 6.25. The third kappa shape index (κ3) is 2.22. The Morgan fingerprint density at radius 3 is 2.72 bits per heavy atom. The highest BCUT2D eigenvalue weighted by atomic mass is 32.2. The molecule has 1 heterocycles. The Morgan fingerprint density at radius 2 is 2.11 bits per heavy atom. The van der Waals surface area contributed by atoms with E-state index in [1.807, 2.05) is 18.2 Å². The summed E-state index contributed by atoms with van der Waals surface area (Å²) in [4.78, 5) is 5.94. The van der Waals surface area contributed by atoms with Crippen molar-refractivity contribution in [3.63, 3.8) is 0 Å². The second-order valence-electron chi connectivity index (χ2n) is 3.89. The molecule has 18 heavy (non-hydrogen) atoms. The maximum Gasteiger partial charge on any atom is 0.146 e. The zero-order chi connectivity index (χ0) is 13.2. The van der Waals surface area contributed by atoms with Gasteiger partial charge in [0.2, 0.25) is 0 Å². The van der Waals surface area contributed by atoms with Crippen molar-refractivity contribution >= 4 is 52.1 Å². The Kier molecular flexibility index (Phi) is 4.42. The zero-order valence-corrected chi connectivity index (χ0v) is 13.0. The standard InChI is InChI=1S/C12H16N2OS3/c1-15-14-10-7-5-4-6-9(10)13-12(18-3,8-17-2)11(14)16/h4-7,13H,8H2,1-3H3. The molecule has 1 atom stereocenters. The number of fused-ring (bicyclic) bond motifs is 1. The third-order valence-electron chi connectivity index (χ3n) is 2.87. The van der Waals surface area contributed by atoms with Crippen molar-refractivity contribution in [3.8, 4) is 0 Å². The van der Waals surface area contributed by atoms with Crippen molar-refractivity contribution in [1.29, 1.82) is 0 Å². The summed E-state index contributed by atoms with van der Waals surface area (Å²) >= 11 is 9.09. The lowest BCUT2D eigenvalue weighted by Crippen LogP contribution is -2.55. The molecule has 1 aromatic carbocycles. The SMILES string of the molecule is CON1C(=S)C(CSC)(SC)Nc2ccccc21. The fraction of sp³-hybridized carbons (Fsp3) is 0.417. The molecule has 0 fully saturated rings. The average Bonchev–Trinajstić information content (AvgIpc) is 2.40. The molecule has 0 amide bonds. The molecule has 0 spiro atoms. The molecular weight excluding hydrogens is 284 g/mol. The second kappa shape index (κ2) is 5.69. The van der Waals surface area contributed by atoms with Crippen molar-refractivity contribution in [2.24, 2.45) is 0 Å². The van der Waals surface area contributed by atoms with Gasteiger partial charge in [0, 0.05) is 5.75 Å². The summed E-state index contributed by atoms with van der Waals surface area (Å²) in [5.74, 6) is 0.890. The Labute approximate surface area is 122 Å². The smallest absolute Gasteiger partial charge is 0.146 e. The molecule has 0 aromatic heterocycles. The van der Waals surface area contributed by atoms with Gasteiger partial charge in [0.05, 0.1) is 18.5 Å². The summed E-state index contributed by atoms with van der Waals surface area (Å²) < 4.78 is 0. The van der Waals surface area contributed by atoms with Crippen LogP contribution in [0.5, 0.6) is 0 Å². The summed E-state index contributed by atoms with van der Waals surface area (Å²) in [6.07, 6.45) is 4.15. The summed E-state index contributed by atoms with van der Waals surface area (Å²) in [5.41, 5.74) is 2.02. The highest BCUT2D eigenvalue weighted by Gasteiger charge is 2.42. The van der Waals surface area contributed by atoms with Crippen molar-refractivity contribution in [2.75, 3.05) is 35.8 Å². The predicted molar refractivity (Wildman–Crippen MR) is 86.8 cm³/mol. The van der Waals surface area contributed by atoms with Crippen molar-refractivity contribution in [1.82, 2.24) is 0 Å². The molecule has 0 aliphatic carbocycles. The minimum atomic E-state index is -0.293. The summed E-state index contributed by atoms with van der Waals surface area (Å²) in [7, 11) is 1.65. The van der Waals surface area contributed by atoms with Crippen LogP contribution >= 0.6 is 35.7 Å². The molecule has 1 aromatic rings. The molecule has 0 bridgehead atoms. The molecule has 1 N–H and O–H groups in total. The first-order chi connectivity index (χ1) is 8.68. The number of nitrogens with one attached hydrogen (secondary N) is 1. The molecule has 1 aliphatic heterocycles. The van der Waals surface area contributed by atoms with E-state index in [9.17, 15) is 0 Å². The minimum Gasteiger partial charge on any atom is -0.363 e. The van der Waals surface area contributed by atoms with Crippen LogP contribution in [0.2, 0.25) is 0 Å². The van der Waals surface area contributed by atoms with E-state index >= 15 is 0 Å². The third-order valence-corrected chi connectivity index (χ3v) is 5.55. The number of nitrogens with zero attached hydrogens (tertiary/aromatic N) is 1. The number of hydroxylamine groups is 1. The summed E-state index contributed by atoms with van der Waals surface area (Å²) in [6, 6.07) is 8.05. The topological polar surface area (TPSA) is 24.5 Å². The number of anilines is 2. The van der Waals surface area contributed by atoms with Gasteiger partial charge in [-0.2, -0.15) is 11.8 Å². The summed E-state index contributed by atoms with van der Waals surface area (Å²) in [5, 5.41) is 5.30. The Morgan fingerprint density at radius 1 is 1.39 bits per heavy atom. The molecule has 0 saturated carbocycles. The Balaban J connectivity index is 2.48. The number of hydrogen-bond acceptors (Lipinski definition) is 5. The molecule has 0 saturated heterocycles.